The molecule has 2 N–H and O–H groups in total. The van der Waals surface area contributed by atoms with E-state index in [0.717, 1.165) is 6.42 Å². The number of carboxylic acids is 1. The summed E-state index contributed by atoms with van der Waals surface area (Å²) in [4.78, 5) is 25.0. The number of rotatable bonds is 3. The lowest BCUT2D eigenvalue weighted by atomic mass is 9.90. The van der Waals surface area contributed by atoms with E-state index in [9.17, 15) is 14.7 Å². The number of nitrogens with one attached hydrogen (secondary N) is 1. The number of nitrogens with zero attached hydrogens (tertiary/aromatic N) is 1. The van der Waals surface area contributed by atoms with Crippen LogP contribution in [0.1, 0.15) is 33.6 Å². The van der Waals surface area contributed by atoms with E-state index in [0.29, 0.717) is 18.9 Å². The summed E-state index contributed by atoms with van der Waals surface area (Å²) in [6.07, 6.45) is 1.41. The molecule has 98 valence electrons. The maximum absolute atomic E-state index is 12.3. The average Bonchev–Trinajstić information content (AvgIpc) is 2.28. The van der Waals surface area contributed by atoms with Crippen LogP contribution in [0.2, 0.25) is 0 Å². The van der Waals surface area contributed by atoms with Crippen LogP contribution >= 0.6 is 0 Å². The lowest BCUT2D eigenvalue weighted by Crippen LogP contribution is -2.59. The predicted octanol–water partition coefficient (Wildman–Crippen LogP) is 0.696. The topological polar surface area (TPSA) is 69.6 Å². The predicted molar refractivity (Wildman–Crippen MR) is 64.7 cm³/mol. The second-order valence-electron chi connectivity index (χ2n) is 5.36. The lowest BCUT2D eigenvalue weighted by Gasteiger charge is -2.40. The molecule has 1 fully saturated rings. The first-order chi connectivity index (χ1) is 7.79. The van der Waals surface area contributed by atoms with E-state index in [-0.39, 0.29) is 5.91 Å². The fourth-order valence-electron chi connectivity index (χ4n) is 2.08. The molecule has 1 aliphatic heterocycles. The van der Waals surface area contributed by atoms with Gasteiger partial charge in [0.05, 0.1) is 5.54 Å². The fraction of sp³-hybridized carbons (Fsp3) is 0.833. The van der Waals surface area contributed by atoms with Crippen LogP contribution in [0, 0.1) is 5.92 Å². The number of likely N-dealkylation sites (tertiary alicyclic amines) is 1. The number of carbonyl (C=O) groups excluding carboxylic acids is 1. The third kappa shape index (κ3) is 2.97. The van der Waals surface area contributed by atoms with E-state index in [4.69, 9.17) is 0 Å². The second kappa shape index (κ2) is 5.04. The molecular weight excluding hydrogens is 220 g/mol. The number of likely N-dealkylation sites (N-methyl/N-ethyl adjacent to an activating group) is 1. The number of aliphatic carboxylic acids is 1. The molecule has 2 unspecified atom stereocenters. The van der Waals surface area contributed by atoms with Crippen molar-refractivity contribution in [2.45, 2.75) is 45.2 Å². The first-order valence-electron chi connectivity index (χ1n) is 6.02. The summed E-state index contributed by atoms with van der Waals surface area (Å²) in [5.74, 6) is -0.686. The Labute approximate surface area is 102 Å². The van der Waals surface area contributed by atoms with Crippen LogP contribution in [0.4, 0.5) is 0 Å². The van der Waals surface area contributed by atoms with Gasteiger partial charge in [-0.2, -0.15) is 0 Å². The van der Waals surface area contributed by atoms with Crippen LogP contribution in [0.25, 0.3) is 0 Å². The molecule has 0 spiro atoms. The average molecular weight is 242 g/mol. The summed E-state index contributed by atoms with van der Waals surface area (Å²) in [5.41, 5.74) is -0.714. The molecular formula is C12H22N2O3. The highest BCUT2D eigenvalue weighted by Crippen LogP contribution is 2.25. The van der Waals surface area contributed by atoms with Gasteiger partial charge in [-0.25, -0.2) is 4.79 Å². The zero-order chi connectivity index (χ0) is 13.2. The smallest absolute Gasteiger partial charge is 0.326 e. The number of amides is 1. The van der Waals surface area contributed by atoms with Crippen molar-refractivity contribution in [3.8, 4) is 0 Å². The number of hydrogen-bond acceptors (Lipinski definition) is 3. The van der Waals surface area contributed by atoms with E-state index >= 15 is 0 Å². The summed E-state index contributed by atoms with van der Waals surface area (Å²) in [5, 5.41) is 12.1. The van der Waals surface area contributed by atoms with E-state index in [1.165, 1.54) is 4.90 Å². The maximum atomic E-state index is 12.3. The summed E-state index contributed by atoms with van der Waals surface area (Å²) in [6, 6.07) is -0.682. The monoisotopic (exact) mass is 242 g/mol. The van der Waals surface area contributed by atoms with Crippen LogP contribution < -0.4 is 5.32 Å². The first kappa shape index (κ1) is 14.0. The molecule has 0 radical (unpaired) electrons. The van der Waals surface area contributed by atoms with Crippen molar-refractivity contribution in [1.29, 1.82) is 0 Å². The van der Waals surface area contributed by atoms with Gasteiger partial charge in [-0.3, -0.25) is 4.79 Å². The van der Waals surface area contributed by atoms with Crippen LogP contribution in [0.3, 0.4) is 0 Å². The zero-order valence-corrected chi connectivity index (χ0v) is 11.0. The molecule has 5 nitrogen and oxygen atoms in total. The molecule has 2 atom stereocenters. The third-order valence-corrected chi connectivity index (χ3v) is 3.57. The van der Waals surface area contributed by atoms with E-state index < -0.39 is 17.6 Å². The molecule has 1 amide bonds. The van der Waals surface area contributed by atoms with Gasteiger partial charge in [0, 0.05) is 6.54 Å². The molecule has 0 aromatic carbocycles. The van der Waals surface area contributed by atoms with Crippen LogP contribution in [0.15, 0.2) is 0 Å². The van der Waals surface area contributed by atoms with Gasteiger partial charge in [0.2, 0.25) is 5.91 Å². The highest BCUT2D eigenvalue weighted by Gasteiger charge is 2.39. The molecule has 1 saturated heterocycles. The summed E-state index contributed by atoms with van der Waals surface area (Å²) in [7, 11) is 1.71. The van der Waals surface area contributed by atoms with Gasteiger partial charge in [0.15, 0.2) is 0 Å². The SMILES string of the molecule is CNC(C)(C)C(=O)N1CCC(C)CC1C(=O)O. The zero-order valence-electron chi connectivity index (χ0n) is 11.0. The van der Waals surface area contributed by atoms with Crippen molar-refractivity contribution < 1.29 is 14.7 Å². The van der Waals surface area contributed by atoms with Gasteiger partial charge in [-0.15, -0.1) is 0 Å². The highest BCUT2D eigenvalue weighted by molar-refractivity contribution is 5.89. The Morgan fingerprint density at radius 2 is 2.00 bits per heavy atom. The Hall–Kier alpha value is -1.10. The first-order valence-corrected chi connectivity index (χ1v) is 6.02. The summed E-state index contributed by atoms with van der Waals surface area (Å²) < 4.78 is 0. The minimum absolute atomic E-state index is 0.140. The molecule has 17 heavy (non-hydrogen) atoms. The number of hydrogen-bond donors (Lipinski definition) is 2. The van der Waals surface area contributed by atoms with Crippen molar-refractivity contribution in [2.75, 3.05) is 13.6 Å². The van der Waals surface area contributed by atoms with Gasteiger partial charge in [0.25, 0.3) is 0 Å². The maximum Gasteiger partial charge on any atom is 0.326 e. The van der Waals surface area contributed by atoms with Crippen LogP contribution in [-0.4, -0.2) is 47.1 Å². The van der Waals surface area contributed by atoms with Gasteiger partial charge in [-0.1, -0.05) is 6.92 Å². The quantitative estimate of drug-likeness (QED) is 0.764. The van der Waals surface area contributed by atoms with Crippen molar-refractivity contribution in [3.05, 3.63) is 0 Å². The van der Waals surface area contributed by atoms with Crippen LogP contribution in [-0.2, 0) is 9.59 Å². The van der Waals surface area contributed by atoms with E-state index in [2.05, 4.69) is 5.32 Å². The molecule has 0 aliphatic carbocycles. The molecule has 1 aliphatic rings. The fourth-order valence-corrected chi connectivity index (χ4v) is 2.08. The molecule has 0 saturated carbocycles. The summed E-state index contributed by atoms with van der Waals surface area (Å²) in [6.45, 7) is 6.10. The molecule has 0 aromatic heterocycles. The van der Waals surface area contributed by atoms with E-state index in [1.54, 1.807) is 20.9 Å². The third-order valence-electron chi connectivity index (χ3n) is 3.57. The lowest BCUT2D eigenvalue weighted by molar-refractivity contribution is -0.155. The standard InChI is InChI=1S/C12H22N2O3/c1-8-5-6-14(9(7-8)10(15)16)11(17)12(2,3)13-4/h8-9,13H,5-7H2,1-4H3,(H,15,16). The normalized spacial score (nSPS) is 25.8. The largest absolute Gasteiger partial charge is 0.480 e. The Bertz CT molecular complexity index is 315. The summed E-state index contributed by atoms with van der Waals surface area (Å²) >= 11 is 0. The Morgan fingerprint density at radius 3 is 2.47 bits per heavy atom. The Kier molecular flexibility index (Phi) is 4.14. The van der Waals surface area contributed by atoms with Crippen LogP contribution in [0.5, 0.6) is 0 Å². The minimum atomic E-state index is -0.906. The number of carboxylic acid groups (broad SMARTS) is 1. The van der Waals surface area contributed by atoms with Crippen molar-refractivity contribution >= 4 is 11.9 Å². The van der Waals surface area contributed by atoms with Crippen molar-refractivity contribution in [1.82, 2.24) is 10.2 Å². The Balaban J connectivity index is 2.87. The van der Waals surface area contributed by atoms with Gasteiger partial charge >= 0.3 is 5.97 Å². The molecule has 5 heteroatoms. The highest BCUT2D eigenvalue weighted by atomic mass is 16.4. The van der Waals surface area contributed by atoms with Gasteiger partial charge < -0.3 is 15.3 Å². The molecule has 0 bridgehead atoms. The molecule has 0 aromatic rings. The van der Waals surface area contributed by atoms with Crippen molar-refractivity contribution in [2.24, 2.45) is 5.92 Å². The minimum Gasteiger partial charge on any atom is -0.480 e. The number of carbonyl (C=O) groups is 2. The molecule has 1 heterocycles. The second-order valence-corrected chi connectivity index (χ2v) is 5.36. The Morgan fingerprint density at radius 1 is 1.41 bits per heavy atom. The van der Waals surface area contributed by atoms with Gasteiger partial charge in [0.1, 0.15) is 6.04 Å². The van der Waals surface area contributed by atoms with Gasteiger partial charge in [-0.05, 0) is 39.7 Å². The van der Waals surface area contributed by atoms with E-state index in [1.807, 2.05) is 6.92 Å². The molecule has 1 rings (SSSR count). The number of piperidine rings is 1. The van der Waals surface area contributed by atoms with Crippen molar-refractivity contribution in [3.63, 3.8) is 0 Å².